The molecule has 2 fully saturated rings. The van der Waals surface area contributed by atoms with E-state index in [4.69, 9.17) is 18.9 Å². The van der Waals surface area contributed by atoms with Crippen LogP contribution in [-0.4, -0.2) is 43.6 Å². The highest BCUT2D eigenvalue weighted by Gasteiger charge is 2.51. The zero-order valence-corrected chi connectivity index (χ0v) is 13.2. The lowest BCUT2D eigenvalue weighted by molar-refractivity contribution is -0.180. The van der Waals surface area contributed by atoms with Crippen LogP contribution in [0.1, 0.15) is 31.1 Å². The molecule has 3 rings (SSSR count). The van der Waals surface area contributed by atoms with Gasteiger partial charge in [-0.2, -0.15) is 0 Å². The number of benzene rings is 1. The van der Waals surface area contributed by atoms with Crippen molar-refractivity contribution in [1.29, 1.82) is 0 Å². The van der Waals surface area contributed by atoms with Crippen molar-refractivity contribution >= 4 is 6.29 Å². The van der Waals surface area contributed by atoms with Crippen LogP contribution in [0, 0.1) is 5.92 Å². The minimum absolute atomic E-state index is 0.00863. The standard InChI is InChI=1S/C17H22O5/c1-11(9-19-13-6-4-12(8-18)5-7-13)15-16-14(10-20-15)21-17(2,3)22-16/h4-8,11,14-16H,9-10H2,1-3H3/t11?,14-,15+,16-/m1/s1. The maximum atomic E-state index is 10.6. The molecule has 5 heteroatoms. The molecule has 0 radical (unpaired) electrons. The van der Waals surface area contributed by atoms with Gasteiger partial charge in [0.25, 0.3) is 0 Å². The van der Waals surface area contributed by atoms with E-state index >= 15 is 0 Å². The van der Waals surface area contributed by atoms with E-state index in [2.05, 4.69) is 6.92 Å². The van der Waals surface area contributed by atoms with E-state index in [1.54, 1.807) is 24.3 Å². The lowest BCUT2D eigenvalue weighted by Gasteiger charge is -2.25. The van der Waals surface area contributed by atoms with E-state index in [-0.39, 0.29) is 24.2 Å². The molecule has 2 heterocycles. The van der Waals surface area contributed by atoms with Crippen LogP contribution in [0.3, 0.4) is 0 Å². The molecule has 4 atom stereocenters. The summed E-state index contributed by atoms with van der Waals surface area (Å²) in [5, 5.41) is 0. The highest BCUT2D eigenvalue weighted by Crippen LogP contribution is 2.37. The number of carbonyl (C=O) groups is 1. The molecule has 2 aliphatic rings. The molecule has 120 valence electrons. The predicted molar refractivity (Wildman–Crippen MR) is 80.1 cm³/mol. The Morgan fingerprint density at radius 1 is 1.32 bits per heavy atom. The topological polar surface area (TPSA) is 54.0 Å². The molecule has 0 N–H and O–H groups in total. The minimum Gasteiger partial charge on any atom is -0.493 e. The summed E-state index contributed by atoms with van der Waals surface area (Å²) in [6, 6.07) is 7.08. The summed E-state index contributed by atoms with van der Waals surface area (Å²) in [5.41, 5.74) is 0.640. The summed E-state index contributed by atoms with van der Waals surface area (Å²) in [7, 11) is 0. The number of carbonyl (C=O) groups excluding carboxylic acids is 1. The van der Waals surface area contributed by atoms with E-state index in [1.165, 1.54) is 0 Å². The van der Waals surface area contributed by atoms with Crippen molar-refractivity contribution in [2.24, 2.45) is 5.92 Å². The van der Waals surface area contributed by atoms with Crippen LogP contribution >= 0.6 is 0 Å². The highest BCUT2D eigenvalue weighted by atomic mass is 16.8. The largest absolute Gasteiger partial charge is 0.493 e. The van der Waals surface area contributed by atoms with Crippen molar-refractivity contribution in [1.82, 2.24) is 0 Å². The SMILES string of the molecule is CC(COc1ccc(C=O)cc1)[C@@H]1OC[C@H]2OC(C)(C)O[C@H]21. The third-order valence-electron chi connectivity index (χ3n) is 4.09. The number of ether oxygens (including phenoxy) is 4. The number of hydrogen-bond acceptors (Lipinski definition) is 5. The van der Waals surface area contributed by atoms with Crippen LogP contribution in [0.25, 0.3) is 0 Å². The van der Waals surface area contributed by atoms with E-state index in [9.17, 15) is 4.79 Å². The average molecular weight is 306 g/mol. The van der Waals surface area contributed by atoms with Gasteiger partial charge < -0.3 is 18.9 Å². The van der Waals surface area contributed by atoms with Gasteiger partial charge in [-0.05, 0) is 38.1 Å². The molecule has 22 heavy (non-hydrogen) atoms. The fraction of sp³-hybridized carbons (Fsp3) is 0.588. The van der Waals surface area contributed by atoms with E-state index < -0.39 is 5.79 Å². The Morgan fingerprint density at radius 3 is 2.73 bits per heavy atom. The van der Waals surface area contributed by atoms with Gasteiger partial charge in [-0.3, -0.25) is 4.79 Å². The normalized spacial score (nSPS) is 30.8. The van der Waals surface area contributed by atoms with Crippen LogP contribution in [0.2, 0.25) is 0 Å². The second-order valence-corrected chi connectivity index (χ2v) is 6.41. The number of aldehydes is 1. The third-order valence-corrected chi connectivity index (χ3v) is 4.09. The van der Waals surface area contributed by atoms with E-state index in [0.717, 1.165) is 12.0 Å². The van der Waals surface area contributed by atoms with Crippen LogP contribution in [-0.2, 0) is 14.2 Å². The van der Waals surface area contributed by atoms with Crippen molar-refractivity contribution in [3.63, 3.8) is 0 Å². The first-order valence-corrected chi connectivity index (χ1v) is 7.64. The fourth-order valence-electron chi connectivity index (χ4n) is 3.02. The summed E-state index contributed by atoms with van der Waals surface area (Å²) in [5.74, 6) is 0.386. The molecule has 0 amide bonds. The molecule has 1 aromatic rings. The molecular formula is C17H22O5. The van der Waals surface area contributed by atoms with Crippen molar-refractivity contribution < 1.29 is 23.7 Å². The Kier molecular flexibility index (Phi) is 4.21. The van der Waals surface area contributed by atoms with Crippen molar-refractivity contribution in [3.8, 4) is 5.75 Å². The molecule has 0 spiro atoms. The van der Waals surface area contributed by atoms with Gasteiger partial charge >= 0.3 is 0 Å². The predicted octanol–water partition coefficient (Wildman–Crippen LogP) is 2.43. The summed E-state index contributed by atoms with van der Waals surface area (Å²) < 4.78 is 23.4. The van der Waals surface area contributed by atoms with Crippen molar-refractivity contribution in [2.75, 3.05) is 13.2 Å². The molecule has 0 aromatic heterocycles. The van der Waals surface area contributed by atoms with Gasteiger partial charge in [0.15, 0.2) is 5.79 Å². The molecule has 0 bridgehead atoms. The number of fused-ring (bicyclic) bond motifs is 1. The lowest BCUT2D eigenvalue weighted by atomic mass is 9.99. The summed E-state index contributed by atoms with van der Waals surface area (Å²) >= 11 is 0. The molecule has 2 saturated heterocycles. The van der Waals surface area contributed by atoms with E-state index in [1.807, 2.05) is 13.8 Å². The van der Waals surface area contributed by atoms with Gasteiger partial charge in [0.1, 0.15) is 24.2 Å². The first-order chi connectivity index (χ1) is 10.5. The second kappa shape index (κ2) is 5.99. The molecule has 5 nitrogen and oxygen atoms in total. The smallest absolute Gasteiger partial charge is 0.164 e. The summed E-state index contributed by atoms with van der Waals surface area (Å²) in [6.07, 6.45) is 0.763. The van der Waals surface area contributed by atoms with Crippen molar-refractivity contribution in [3.05, 3.63) is 29.8 Å². The maximum absolute atomic E-state index is 10.6. The van der Waals surface area contributed by atoms with Crippen LogP contribution in [0.5, 0.6) is 5.75 Å². The first-order valence-electron chi connectivity index (χ1n) is 7.64. The highest BCUT2D eigenvalue weighted by molar-refractivity contribution is 5.74. The van der Waals surface area contributed by atoms with Gasteiger partial charge in [0.2, 0.25) is 0 Å². The molecule has 2 aliphatic heterocycles. The maximum Gasteiger partial charge on any atom is 0.164 e. The zero-order valence-electron chi connectivity index (χ0n) is 13.2. The van der Waals surface area contributed by atoms with Gasteiger partial charge in [-0.15, -0.1) is 0 Å². The fourth-order valence-corrected chi connectivity index (χ4v) is 3.02. The molecule has 1 aromatic carbocycles. The van der Waals surface area contributed by atoms with Gasteiger partial charge in [0, 0.05) is 11.5 Å². The van der Waals surface area contributed by atoms with Crippen LogP contribution in [0.15, 0.2) is 24.3 Å². The Bertz CT molecular complexity index is 524. The minimum atomic E-state index is -0.539. The molecule has 0 aliphatic carbocycles. The van der Waals surface area contributed by atoms with Gasteiger partial charge in [0.05, 0.1) is 19.3 Å². The van der Waals surface area contributed by atoms with Crippen molar-refractivity contribution in [2.45, 2.75) is 44.9 Å². The Morgan fingerprint density at radius 2 is 2.05 bits per heavy atom. The Labute approximate surface area is 130 Å². The number of hydrogen-bond donors (Lipinski definition) is 0. The first kappa shape index (κ1) is 15.5. The van der Waals surface area contributed by atoms with Crippen LogP contribution < -0.4 is 4.74 Å². The molecular weight excluding hydrogens is 284 g/mol. The number of rotatable bonds is 5. The average Bonchev–Trinajstić information content (AvgIpc) is 3.00. The van der Waals surface area contributed by atoms with Gasteiger partial charge in [-0.1, -0.05) is 6.92 Å². The summed E-state index contributed by atoms with van der Waals surface area (Å²) in [6.45, 7) is 7.03. The summed E-state index contributed by atoms with van der Waals surface area (Å²) in [4.78, 5) is 10.6. The zero-order chi connectivity index (χ0) is 15.7. The lowest BCUT2D eigenvalue weighted by Crippen LogP contribution is -2.36. The second-order valence-electron chi connectivity index (χ2n) is 6.41. The Balaban J connectivity index is 1.55. The quantitative estimate of drug-likeness (QED) is 0.782. The van der Waals surface area contributed by atoms with E-state index in [0.29, 0.717) is 18.8 Å². The third kappa shape index (κ3) is 3.16. The molecule has 1 unspecified atom stereocenters. The molecule has 0 saturated carbocycles. The monoisotopic (exact) mass is 306 g/mol. The van der Waals surface area contributed by atoms with Gasteiger partial charge in [-0.25, -0.2) is 0 Å². The van der Waals surface area contributed by atoms with Crippen LogP contribution in [0.4, 0.5) is 0 Å². The Hall–Kier alpha value is -1.43.